The lowest BCUT2D eigenvalue weighted by atomic mass is 10.1. The molecule has 19 heavy (non-hydrogen) atoms. The van der Waals surface area contributed by atoms with Crippen LogP contribution in [0.5, 0.6) is 0 Å². The van der Waals surface area contributed by atoms with E-state index in [2.05, 4.69) is 17.6 Å². The Morgan fingerprint density at radius 1 is 1.42 bits per heavy atom. The predicted octanol–water partition coefficient (Wildman–Crippen LogP) is 2.89. The Morgan fingerprint density at radius 2 is 2.16 bits per heavy atom. The Morgan fingerprint density at radius 3 is 2.79 bits per heavy atom. The average Bonchev–Trinajstić information content (AvgIpc) is 2.84. The Hall–Kier alpha value is -1.00. The number of rotatable bonds is 5. The molecule has 0 aliphatic carbocycles. The summed E-state index contributed by atoms with van der Waals surface area (Å²) >= 11 is 2.01. The molecule has 0 spiro atoms. The quantitative estimate of drug-likeness (QED) is 0.870. The Labute approximate surface area is 119 Å². The van der Waals surface area contributed by atoms with E-state index in [0.29, 0.717) is 4.75 Å². The highest BCUT2D eigenvalue weighted by atomic mass is 32.2. The van der Waals surface area contributed by atoms with Crippen LogP contribution in [0.1, 0.15) is 26.7 Å². The lowest BCUT2D eigenvalue weighted by Crippen LogP contribution is -2.44. The molecule has 1 amide bonds. The Bertz CT molecular complexity index is 415. The summed E-state index contributed by atoms with van der Waals surface area (Å²) in [6.07, 6.45) is 2.52. The predicted molar refractivity (Wildman–Crippen MR) is 82.6 cm³/mol. The second kappa shape index (κ2) is 6.44. The molecule has 1 aromatic rings. The summed E-state index contributed by atoms with van der Waals surface area (Å²) in [5, 5.41) is 6.27. The van der Waals surface area contributed by atoms with Crippen LogP contribution in [0.2, 0.25) is 0 Å². The van der Waals surface area contributed by atoms with Crippen molar-refractivity contribution >= 4 is 23.4 Å². The molecule has 1 heterocycles. The number of anilines is 1. The number of carbonyl (C=O) groups is 1. The molecule has 3 nitrogen and oxygen atoms in total. The van der Waals surface area contributed by atoms with Crippen molar-refractivity contribution < 1.29 is 4.79 Å². The number of hydrogen-bond donors (Lipinski definition) is 2. The van der Waals surface area contributed by atoms with Gasteiger partial charge in [0.05, 0.1) is 6.04 Å². The van der Waals surface area contributed by atoms with E-state index in [9.17, 15) is 4.79 Å². The van der Waals surface area contributed by atoms with Crippen molar-refractivity contribution in [3.8, 4) is 0 Å². The van der Waals surface area contributed by atoms with Gasteiger partial charge < -0.3 is 10.6 Å². The van der Waals surface area contributed by atoms with E-state index in [1.165, 1.54) is 18.6 Å². The minimum Gasteiger partial charge on any atom is -0.325 e. The van der Waals surface area contributed by atoms with Gasteiger partial charge in [-0.1, -0.05) is 18.2 Å². The topological polar surface area (TPSA) is 41.1 Å². The molecule has 4 heteroatoms. The summed E-state index contributed by atoms with van der Waals surface area (Å²) in [5.74, 6) is 1.26. The van der Waals surface area contributed by atoms with E-state index in [-0.39, 0.29) is 11.9 Å². The van der Waals surface area contributed by atoms with Crippen LogP contribution >= 0.6 is 11.8 Å². The molecule has 2 atom stereocenters. The molecule has 0 radical (unpaired) electrons. The van der Waals surface area contributed by atoms with Gasteiger partial charge in [-0.3, -0.25) is 4.79 Å². The molecule has 2 N–H and O–H groups in total. The Kier molecular flexibility index (Phi) is 4.88. The monoisotopic (exact) mass is 278 g/mol. The maximum absolute atomic E-state index is 12.0. The second-order valence-corrected chi connectivity index (χ2v) is 7.04. The number of thioether (sulfide) groups is 1. The van der Waals surface area contributed by atoms with Crippen molar-refractivity contribution in [3.63, 3.8) is 0 Å². The molecule has 1 saturated heterocycles. The second-order valence-electron chi connectivity index (χ2n) is 5.36. The van der Waals surface area contributed by atoms with Crippen molar-refractivity contribution in [1.29, 1.82) is 0 Å². The van der Waals surface area contributed by atoms with Crippen LogP contribution < -0.4 is 10.6 Å². The van der Waals surface area contributed by atoms with E-state index in [0.717, 1.165) is 12.2 Å². The van der Waals surface area contributed by atoms with Gasteiger partial charge in [-0.15, -0.1) is 0 Å². The molecular weight excluding hydrogens is 256 g/mol. The smallest absolute Gasteiger partial charge is 0.241 e. The molecule has 1 aliphatic rings. The maximum Gasteiger partial charge on any atom is 0.241 e. The molecule has 1 fully saturated rings. The van der Waals surface area contributed by atoms with Crippen LogP contribution in [-0.4, -0.2) is 29.0 Å². The van der Waals surface area contributed by atoms with Gasteiger partial charge in [0.2, 0.25) is 5.91 Å². The van der Waals surface area contributed by atoms with Crippen molar-refractivity contribution in [2.75, 3.05) is 17.6 Å². The third kappa shape index (κ3) is 4.25. The lowest BCUT2D eigenvalue weighted by Gasteiger charge is -2.25. The number of nitrogens with one attached hydrogen (secondary N) is 2. The van der Waals surface area contributed by atoms with Crippen LogP contribution in [0.4, 0.5) is 5.69 Å². The summed E-state index contributed by atoms with van der Waals surface area (Å²) in [6.45, 7) is 5.09. The fourth-order valence-corrected chi connectivity index (χ4v) is 3.47. The summed E-state index contributed by atoms with van der Waals surface area (Å²) in [4.78, 5) is 12.0. The van der Waals surface area contributed by atoms with Crippen molar-refractivity contribution in [3.05, 3.63) is 30.3 Å². The largest absolute Gasteiger partial charge is 0.325 e. The molecule has 1 aliphatic heterocycles. The standard InChI is InChI=1S/C15H22N2OS/c1-12(16-11-15(2)9-6-10-19-15)14(18)17-13-7-4-3-5-8-13/h3-5,7-8,12,16H,6,9-11H2,1-2H3,(H,17,18). The van der Waals surface area contributed by atoms with E-state index >= 15 is 0 Å². The first kappa shape index (κ1) is 14.4. The zero-order chi connectivity index (χ0) is 13.7. The highest BCUT2D eigenvalue weighted by molar-refractivity contribution is 8.00. The number of para-hydroxylation sites is 1. The van der Waals surface area contributed by atoms with Crippen LogP contribution in [0.25, 0.3) is 0 Å². The molecule has 2 rings (SSSR count). The number of benzene rings is 1. The molecule has 104 valence electrons. The SMILES string of the molecule is CC(NCC1(C)CCCS1)C(=O)Nc1ccccc1. The highest BCUT2D eigenvalue weighted by Gasteiger charge is 2.30. The first-order valence-corrected chi connectivity index (χ1v) is 7.81. The Balaban J connectivity index is 1.79. The third-order valence-corrected chi connectivity index (χ3v) is 5.06. The van der Waals surface area contributed by atoms with Crippen LogP contribution in [-0.2, 0) is 4.79 Å². The van der Waals surface area contributed by atoms with Gasteiger partial charge in [0.1, 0.15) is 0 Å². The molecule has 1 aromatic carbocycles. The molecule has 0 saturated carbocycles. The molecular formula is C15H22N2OS. The van der Waals surface area contributed by atoms with Crippen LogP contribution in [0, 0.1) is 0 Å². The van der Waals surface area contributed by atoms with E-state index in [1.807, 2.05) is 49.0 Å². The average molecular weight is 278 g/mol. The third-order valence-electron chi connectivity index (χ3n) is 3.52. The zero-order valence-electron chi connectivity index (χ0n) is 11.6. The lowest BCUT2D eigenvalue weighted by molar-refractivity contribution is -0.117. The van der Waals surface area contributed by atoms with Gasteiger partial charge in [-0.05, 0) is 44.6 Å². The van der Waals surface area contributed by atoms with E-state index in [4.69, 9.17) is 0 Å². The summed E-state index contributed by atoms with van der Waals surface area (Å²) in [5.41, 5.74) is 0.850. The summed E-state index contributed by atoms with van der Waals surface area (Å²) < 4.78 is 0.293. The highest BCUT2D eigenvalue weighted by Crippen LogP contribution is 2.36. The first-order valence-electron chi connectivity index (χ1n) is 6.82. The van der Waals surface area contributed by atoms with Crippen molar-refractivity contribution in [2.24, 2.45) is 0 Å². The summed E-state index contributed by atoms with van der Waals surface area (Å²) in [6, 6.07) is 9.42. The van der Waals surface area contributed by atoms with Gasteiger partial charge in [0, 0.05) is 17.0 Å². The normalized spacial score (nSPS) is 24.1. The first-order chi connectivity index (χ1) is 9.09. The van der Waals surface area contributed by atoms with Crippen LogP contribution in [0.15, 0.2) is 30.3 Å². The van der Waals surface area contributed by atoms with E-state index < -0.39 is 0 Å². The minimum absolute atomic E-state index is 0.0257. The number of amides is 1. The molecule has 2 unspecified atom stereocenters. The van der Waals surface area contributed by atoms with Gasteiger partial charge >= 0.3 is 0 Å². The maximum atomic E-state index is 12.0. The van der Waals surface area contributed by atoms with Gasteiger partial charge in [0.15, 0.2) is 0 Å². The van der Waals surface area contributed by atoms with E-state index in [1.54, 1.807) is 0 Å². The van der Waals surface area contributed by atoms with Crippen LogP contribution in [0.3, 0.4) is 0 Å². The number of hydrogen-bond acceptors (Lipinski definition) is 3. The fourth-order valence-electron chi connectivity index (χ4n) is 2.21. The van der Waals surface area contributed by atoms with Crippen molar-refractivity contribution in [1.82, 2.24) is 5.32 Å². The summed E-state index contributed by atoms with van der Waals surface area (Å²) in [7, 11) is 0. The fraction of sp³-hybridized carbons (Fsp3) is 0.533. The van der Waals surface area contributed by atoms with Gasteiger partial charge in [-0.2, -0.15) is 11.8 Å². The van der Waals surface area contributed by atoms with Crippen molar-refractivity contribution in [2.45, 2.75) is 37.5 Å². The zero-order valence-corrected chi connectivity index (χ0v) is 12.4. The molecule has 0 aromatic heterocycles. The minimum atomic E-state index is -0.168. The molecule has 0 bridgehead atoms. The number of carbonyl (C=O) groups excluding carboxylic acids is 1. The van der Waals surface area contributed by atoms with Gasteiger partial charge in [0.25, 0.3) is 0 Å². The van der Waals surface area contributed by atoms with Gasteiger partial charge in [-0.25, -0.2) is 0 Å².